The van der Waals surface area contributed by atoms with Crippen molar-refractivity contribution in [1.82, 2.24) is 19.7 Å². The minimum absolute atomic E-state index is 0. The van der Waals surface area contributed by atoms with Crippen LogP contribution in [0.15, 0.2) is 24.4 Å². The summed E-state index contributed by atoms with van der Waals surface area (Å²) in [6, 6.07) is 6.07. The van der Waals surface area contributed by atoms with Crippen LogP contribution in [0.4, 0.5) is 5.13 Å². The number of carbonyl (C=O) groups is 1. The molecule has 9 heteroatoms. The van der Waals surface area contributed by atoms with E-state index in [-0.39, 0.29) is 18.3 Å². The van der Waals surface area contributed by atoms with Gasteiger partial charge in [0.25, 0.3) is 5.91 Å². The summed E-state index contributed by atoms with van der Waals surface area (Å²) in [6.07, 6.45) is 2.58. The van der Waals surface area contributed by atoms with Crippen LogP contribution in [0.2, 0.25) is 0 Å². The van der Waals surface area contributed by atoms with E-state index >= 15 is 0 Å². The Bertz CT molecular complexity index is 989. The number of fused-ring (bicyclic) bond motifs is 1. The molecule has 2 aromatic heterocycles. The SMILES string of the molecule is CCn1nccc1C(=O)N(CCCN1CCOCC1)c1nc2cc(C)c(C)cc2s1.Cl. The lowest BCUT2D eigenvalue weighted by Gasteiger charge is -2.27. The molecule has 0 unspecified atom stereocenters. The quantitative estimate of drug-likeness (QED) is 0.531. The van der Waals surface area contributed by atoms with E-state index in [0.29, 0.717) is 18.8 Å². The summed E-state index contributed by atoms with van der Waals surface area (Å²) < 4.78 is 8.30. The number of anilines is 1. The Balaban J connectivity index is 0.00000272. The van der Waals surface area contributed by atoms with Gasteiger partial charge in [-0.15, -0.1) is 12.4 Å². The van der Waals surface area contributed by atoms with E-state index in [2.05, 4.69) is 36.0 Å². The Kier molecular flexibility index (Phi) is 8.05. The van der Waals surface area contributed by atoms with Crippen molar-refractivity contribution in [3.8, 4) is 0 Å². The summed E-state index contributed by atoms with van der Waals surface area (Å²) in [7, 11) is 0. The van der Waals surface area contributed by atoms with Crippen molar-refractivity contribution in [2.45, 2.75) is 33.7 Å². The van der Waals surface area contributed by atoms with Gasteiger partial charge in [0.15, 0.2) is 5.13 Å². The summed E-state index contributed by atoms with van der Waals surface area (Å²) in [5.74, 6) is -0.0381. The number of morpholine rings is 1. The van der Waals surface area contributed by atoms with Gasteiger partial charge in [0, 0.05) is 38.9 Å². The fraction of sp³-hybridized carbons (Fsp3) is 0.500. The Hall–Kier alpha value is -2.00. The molecule has 0 aliphatic carbocycles. The van der Waals surface area contributed by atoms with Crippen molar-refractivity contribution >= 4 is 45.0 Å². The summed E-state index contributed by atoms with van der Waals surface area (Å²) in [6.45, 7) is 11.9. The van der Waals surface area contributed by atoms with Gasteiger partial charge < -0.3 is 4.74 Å². The fourth-order valence-electron chi connectivity index (χ4n) is 3.75. The molecule has 1 saturated heterocycles. The van der Waals surface area contributed by atoms with Crippen LogP contribution in [0.1, 0.15) is 35.0 Å². The second kappa shape index (κ2) is 10.5. The molecule has 31 heavy (non-hydrogen) atoms. The number of benzene rings is 1. The average Bonchev–Trinajstić information content (AvgIpc) is 3.38. The molecule has 3 aromatic rings. The number of thiazole rings is 1. The maximum Gasteiger partial charge on any atom is 0.278 e. The van der Waals surface area contributed by atoms with Crippen molar-refractivity contribution in [3.63, 3.8) is 0 Å². The summed E-state index contributed by atoms with van der Waals surface area (Å²) >= 11 is 1.58. The molecule has 0 bridgehead atoms. The molecule has 1 aliphatic heterocycles. The third-order valence-corrected chi connectivity index (χ3v) is 6.70. The van der Waals surface area contributed by atoms with Crippen LogP contribution in [-0.4, -0.2) is 65.0 Å². The first-order chi connectivity index (χ1) is 14.6. The lowest BCUT2D eigenvalue weighted by atomic mass is 10.1. The van der Waals surface area contributed by atoms with Gasteiger partial charge in [0.05, 0.1) is 23.4 Å². The lowest BCUT2D eigenvalue weighted by molar-refractivity contribution is 0.0376. The molecule has 3 heterocycles. The monoisotopic (exact) mass is 463 g/mol. The lowest BCUT2D eigenvalue weighted by Crippen LogP contribution is -2.39. The number of hydrogen-bond donors (Lipinski definition) is 0. The largest absolute Gasteiger partial charge is 0.379 e. The zero-order valence-electron chi connectivity index (χ0n) is 18.3. The molecule has 7 nitrogen and oxygen atoms in total. The zero-order valence-corrected chi connectivity index (χ0v) is 20.0. The Morgan fingerprint density at radius 2 is 1.97 bits per heavy atom. The predicted octanol–water partition coefficient (Wildman–Crippen LogP) is 3.92. The summed E-state index contributed by atoms with van der Waals surface area (Å²) in [5, 5.41) is 5.04. The van der Waals surface area contributed by atoms with Crippen molar-refractivity contribution in [2.24, 2.45) is 0 Å². The van der Waals surface area contributed by atoms with Crippen molar-refractivity contribution in [3.05, 3.63) is 41.2 Å². The van der Waals surface area contributed by atoms with Gasteiger partial charge in [0.2, 0.25) is 0 Å². The zero-order chi connectivity index (χ0) is 21.1. The number of amides is 1. The highest BCUT2D eigenvalue weighted by Crippen LogP contribution is 2.31. The van der Waals surface area contributed by atoms with E-state index in [1.165, 1.54) is 11.1 Å². The molecule has 0 N–H and O–H groups in total. The van der Waals surface area contributed by atoms with Gasteiger partial charge in [0.1, 0.15) is 5.69 Å². The molecule has 1 amide bonds. The van der Waals surface area contributed by atoms with Crippen LogP contribution in [-0.2, 0) is 11.3 Å². The number of aromatic nitrogens is 3. The Morgan fingerprint density at radius 1 is 1.23 bits per heavy atom. The van der Waals surface area contributed by atoms with Gasteiger partial charge in [-0.3, -0.25) is 19.3 Å². The maximum atomic E-state index is 13.5. The molecular formula is C22H30ClN5O2S. The van der Waals surface area contributed by atoms with Crippen LogP contribution in [0.5, 0.6) is 0 Å². The van der Waals surface area contributed by atoms with Crippen molar-refractivity contribution < 1.29 is 9.53 Å². The highest BCUT2D eigenvalue weighted by Gasteiger charge is 2.24. The maximum absolute atomic E-state index is 13.5. The molecule has 168 valence electrons. The van der Waals surface area contributed by atoms with E-state index in [1.54, 1.807) is 28.3 Å². The average molecular weight is 464 g/mol. The van der Waals surface area contributed by atoms with Gasteiger partial charge in [-0.05, 0) is 56.5 Å². The van der Waals surface area contributed by atoms with E-state index in [0.717, 1.165) is 54.6 Å². The molecule has 1 aliphatic rings. The number of ether oxygens (including phenoxy) is 1. The molecule has 0 radical (unpaired) electrons. The molecule has 4 rings (SSSR count). The number of carbonyl (C=O) groups excluding carboxylic acids is 1. The van der Waals surface area contributed by atoms with Crippen LogP contribution < -0.4 is 4.90 Å². The third kappa shape index (κ3) is 5.26. The van der Waals surface area contributed by atoms with Crippen LogP contribution >= 0.6 is 23.7 Å². The number of nitrogens with zero attached hydrogens (tertiary/aromatic N) is 5. The third-order valence-electron chi connectivity index (χ3n) is 5.66. The Morgan fingerprint density at radius 3 is 2.71 bits per heavy atom. The molecule has 1 aromatic carbocycles. The first-order valence-corrected chi connectivity index (χ1v) is 11.4. The number of rotatable bonds is 7. The van der Waals surface area contributed by atoms with E-state index < -0.39 is 0 Å². The molecule has 0 atom stereocenters. The normalized spacial score (nSPS) is 14.5. The smallest absolute Gasteiger partial charge is 0.278 e. The van der Waals surface area contributed by atoms with Crippen molar-refractivity contribution in [2.75, 3.05) is 44.3 Å². The molecule has 0 spiro atoms. The van der Waals surface area contributed by atoms with Gasteiger partial charge in [-0.1, -0.05) is 11.3 Å². The highest BCUT2D eigenvalue weighted by molar-refractivity contribution is 7.22. The summed E-state index contributed by atoms with van der Waals surface area (Å²) in [4.78, 5) is 22.5. The number of aryl methyl sites for hydroxylation is 3. The number of hydrogen-bond acceptors (Lipinski definition) is 6. The predicted molar refractivity (Wildman–Crippen MR) is 128 cm³/mol. The second-order valence-electron chi connectivity index (χ2n) is 7.70. The molecular weight excluding hydrogens is 434 g/mol. The highest BCUT2D eigenvalue weighted by atomic mass is 35.5. The van der Waals surface area contributed by atoms with E-state index in [9.17, 15) is 4.79 Å². The van der Waals surface area contributed by atoms with Crippen LogP contribution in [0.25, 0.3) is 10.2 Å². The first-order valence-electron chi connectivity index (χ1n) is 10.6. The fourth-order valence-corrected chi connectivity index (χ4v) is 4.82. The number of halogens is 1. The van der Waals surface area contributed by atoms with Gasteiger partial charge in [-0.25, -0.2) is 4.98 Å². The standard InChI is InChI=1S/C22H29N5O2S.ClH/c1-4-27-19(6-7-23-27)21(28)26(9-5-8-25-10-12-29-13-11-25)22-24-18-14-16(2)17(3)15-20(18)30-22;/h6-7,14-15H,4-5,8-13H2,1-3H3;1H. The summed E-state index contributed by atoms with van der Waals surface area (Å²) in [5.41, 5.74) is 4.02. The first kappa shape index (κ1) is 23.7. The van der Waals surface area contributed by atoms with E-state index in [4.69, 9.17) is 9.72 Å². The topological polar surface area (TPSA) is 63.5 Å². The van der Waals surface area contributed by atoms with Gasteiger partial charge >= 0.3 is 0 Å². The van der Waals surface area contributed by atoms with Crippen molar-refractivity contribution in [1.29, 1.82) is 0 Å². The second-order valence-corrected chi connectivity index (χ2v) is 8.71. The van der Waals surface area contributed by atoms with Crippen LogP contribution in [0.3, 0.4) is 0 Å². The molecule has 1 fully saturated rings. The molecule has 0 saturated carbocycles. The van der Waals surface area contributed by atoms with E-state index in [1.807, 2.05) is 11.8 Å². The Labute approximate surface area is 193 Å². The van der Waals surface area contributed by atoms with Crippen LogP contribution in [0, 0.1) is 13.8 Å². The minimum Gasteiger partial charge on any atom is -0.379 e. The van der Waals surface area contributed by atoms with Gasteiger partial charge in [-0.2, -0.15) is 5.10 Å². The minimum atomic E-state index is -0.0381.